The van der Waals surface area contributed by atoms with E-state index in [9.17, 15) is 4.79 Å². The van der Waals surface area contributed by atoms with E-state index in [1.54, 1.807) is 24.4 Å². The average molecular weight is 419 g/mol. The van der Waals surface area contributed by atoms with Crippen molar-refractivity contribution in [3.63, 3.8) is 0 Å². The van der Waals surface area contributed by atoms with Gasteiger partial charge in [0.2, 0.25) is 12.1 Å². The normalized spacial score (nSPS) is 17.8. The second-order valence-corrected chi connectivity index (χ2v) is 8.00. The topological polar surface area (TPSA) is 63.4 Å². The van der Waals surface area contributed by atoms with Crippen LogP contribution in [0.3, 0.4) is 0 Å². The Morgan fingerprint density at radius 3 is 3.04 bits per heavy atom. The van der Waals surface area contributed by atoms with Gasteiger partial charge >= 0.3 is 0 Å². The predicted octanol–water partition coefficient (Wildman–Crippen LogP) is 5.55. The van der Waals surface area contributed by atoms with Gasteiger partial charge in [0.1, 0.15) is 5.75 Å². The summed E-state index contributed by atoms with van der Waals surface area (Å²) in [6, 6.07) is 10.8. The molecule has 3 aromatic rings. The first-order valence-corrected chi connectivity index (χ1v) is 9.87. The maximum atomic E-state index is 12.9. The highest BCUT2D eigenvalue weighted by molar-refractivity contribution is 7.73. The number of nitrogens with one attached hydrogen (secondary N) is 2. The molecular weight excluding hydrogens is 404 g/mol. The SMILES string of the molecule is CCOC1Oc2ccc(Cl)cc2C(=O)/C1=C\Nc1ccc2[nH]c(=S)sc2c1. The smallest absolute Gasteiger partial charge is 0.232 e. The van der Waals surface area contributed by atoms with Crippen molar-refractivity contribution < 1.29 is 14.3 Å². The minimum Gasteiger partial charge on any atom is -0.460 e. The highest BCUT2D eigenvalue weighted by Gasteiger charge is 2.32. The molecule has 1 aromatic heterocycles. The minimum atomic E-state index is -0.776. The lowest BCUT2D eigenvalue weighted by Gasteiger charge is -2.27. The van der Waals surface area contributed by atoms with Gasteiger partial charge in [-0.25, -0.2) is 0 Å². The van der Waals surface area contributed by atoms with Crippen molar-refractivity contribution >= 4 is 56.8 Å². The number of fused-ring (bicyclic) bond motifs is 2. The van der Waals surface area contributed by atoms with Crippen LogP contribution in [0.2, 0.25) is 5.02 Å². The zero-order valence-electron chi connectivity index (χ0n) is 14.2. The fourth-order valence-corrected chi connectivity index (χ4v) is 4.16. The van der Waals surface area contributed by atoms with E-state index in [-0.39, 0.29) is 5.78 Å². The van der Waals surface area contributed by atoms with Crippen molar-refractivity contribution in [2.45, 2.75) is 13.2 Å². The zero-order chi connectivity index (χ0) is 19.0. The van der Waals surface area contributed by atoms with Crippen molar-refractivity contribution in [3.05, 3.63) is 62.7 Å². The summed E-state index contributed by atoms with van der Waals surface area (Å²) in [5, 5.41) is 3.64. The van der Waals surface area contributed by atoms with Gasteiger partial charge in [0, 0.05) is 23.5 Å². The van der Waals surface area contributed by atoms with E-state index in [1.165, 1.54) is 11.3 Å². The Morgan fingerprint density at radius 1 is 1.37 bits per heavy atom. The molecule has 1 atom stereocenters. The predicted molar refractivity (Wildman–Crippen MR) is 111 cm³/mol. The third kappa shape index (κ3) is 3.64. The van der Waals surface area contributed by atoms with Crippen molar-refractivity contribution in [2.24, 2.45) is 0 Å². The number of ketones is 1. The Hall–Kier alpha value is -2.19. The molecule has 0 spiro atoms. The Kier molecular flexibility index (Phi) is 5.01. The monoisotopic (exact) mass is 418 g/mol. The second-order valence-electron chi connectivity index (χ2n) is 5.84. The molecule has 5 nitrogen and oxygen atoms in total. The van der Waals surface area contributed by atoms with Gasteiger partial charge in [-0.2, -0.15) is 0 Å². The van der Waals surface area contributed by atoms with Gasteiger partial charge in [-0.1, -0.05) is 11.6 Å². The molecule has 8 heteroatoms. The first-order chi connectivity index (χ1) is 13.0. The number of H-pyrrole nitrogens is 1. The van der Waals surface area contributed by atoms with E-state index >= 15 is 0 Å². The van der Waals surface area contributed by atoms with Crippen LogP contribution in [0.4, 0.5) is 5.69 Å². The highest BCUT2D eigenvalue weighted by atomic mass is 35.5. The Morgan fingerprint density at radius 2 is 2.22 bits per heavy atom. The van der Waals surface area contributed by atoms with Gasteiger partial charge < -0.3 is 19.8 Å². The highest BCUT2D eigenvalue weighted by Crippen LogP contribution is 2.33. The number of Topliss-reactive ketones (excluding diaryl/α,β-unsaturated/α-hetero) is 1. The molecular formula is C19H15ClN2O3S2. The van der Waals surface area contributed by atoms with E-state index in [2.05, 4.69) is 10.3 Å². The molecule has 27 heavy (non-hydrogen) atoms. The molecule has 0 saturated carbocycles. The van der Waals surface area contributed by atoms with Crippen LogP contribution in [0.25, 0.3) is 10.2 Å². The number of hydrogen-bond acceptors (Lipinski definition) is 6. The molecule has 0 amide bonds. The Bertz CT molecular complexity index is 1120. The van der Waals surface area contributed by atoms with Crippen LogP contribution in [-0.4, -0.2) is 23.7 Å². The van der Waals surface area contributed by atoms with Crippen molar-refractivity contribution in [2.75, 3.05) is 11.9 Å². The molecule has 0 bridgehead atoms. The third-order valence-electron chi connectivity index (χ3n) is 4.07. The summed E-state index contributed by atoms with van der Waals surface area (Å²) in [5.74, 6) is 0.289. The summed E-state index contributed by atoms with van der Waals surface area (Å²) in [6.45, 7) is 2.26. The molecule has 0 radical (unpaired) electrons. The van der Waals surface area contributed by atoms with Gasteiger partial charge in [-0.3, -0.25) is 4.79 Å². The van der Waals surface area contributed by atoms with Gasteiger partial charge in [0.15, 0.2) is 3.95 Å². The third-order valence-corrected chi connectivity index (χ3v) is 5.50. The van der Waals surface area contributed by atoms with Crippen LogP contribution in [-0.2, 0) is 4.74 Å². The van der Waals surface area contributed by atoms with Crippen molar-refractivity contribution in [3.8, 4) is 5.75 Å². The molecule has 0 saturated heterocycles. The zero-order valence-corrected chi connectivity index (χ0v) is 16.6. The molecule has 2 heterocycles. The molecule has 138 valence electrons. The summed E-state index contributed by atoms with van der Waals surface area (Å²) in [6.07, 6.45) is 0.848. The van der Waals surface area contributed by atoms with Crippen molar-refractivity contribution in [1.29, 1.82) is 0 Å². The van der Waals surface area contributed by atoms with E-state index in [4.69, 9.17) is 33.3 Å². The number of carbonyl (C=O) groups excluding carboxylic acids is 1. The number of aromatic nitrogens is 1. The number of benzene rings is 2. The summed E-state index contributed by atoms with van der Waals surface area (Å²) in [7, 11) is 0. The van der Waals surface area contributed by atoms with Crippen LogP contribution in [0.5, 0.6) is 5.75 Å². The van der Waals surface area contributed by atoms with Gasteiger partial charge in [-0.15, -0.1) is 11.3 Å². The average Bonchev–Trinajstić information content (AvgIpc) is 3.01. The van der Waals surface area contributed by atoms with Crippen LogP contribution in [0.15, 0.2) is 48.2 Å². The molecule has 0 aliphatic carbocycles. The Labute approximate surface area is 169 Å². The lowest BCUT2D eigenvalue weighted by atomic mass is 10.00. The number of carbonyl (C=O) groups is 1. The minimum absolute atomic E-state index is 0.178. The number of ether oxygens (including phenoxy) is 2. The van der Waals surface area contributed by atoms with E-state index in [0.717, 1.165) is 19.9 Å². The quantitative estimate of drug-likeness (QED) is 0.430. The van der Waals surface area contributed by atoms with Crippen LogP contribution in [0.1, 0.15) is 17.3 Å². The number of rotatable bonds is 4. The lowest BCUT2D eigenvalue weighted by Crippen LogP contribution is -2.33. The number of aromatic amines is 1. The van der Waals surface area contributed by atoms with Gasteiger partial charge in [0.05, 0.1) is 21.4 Å². The number of anilines is 1. The lowest BCUT2D eigenvalue weighted by molar-refractivity contribution is -0.0509. The summed E-state index contributed by atoms with van der Waals surface area (Å²) in [5.41, 5.74) is 2.62. The van der Waals surface area contributed by atoms with Gasteiger partial charge in [0.25, 0.3) is 0 Å². The molecule has 2 N–H and O–H groups in total. The number of halogens is 1. The maximum absolute atomic E-state index is 12.9. The van der Waals surface area contributed by atoms with E-state index in [1.807, 2.05) is 25.1 Å². The molecule has 1 unspecified atom stereocenters. The molecule has 1 aliphatic rings. The maximum Gasteiger partial charge on any atom is 0.232 e. The van der Waals surface area contributed by atoms with Crippen LogP contribution < -0.4 is 10.1 Å². The first kappa shape index (κ1) is 18.2. The first-order valence-electron chi connectivity index (χ1n) is 8.27. The van der Waals surface area contributed by atoms with Crippen LogP contribution in [0, 0.1) is 3.95 Å². The summed E-state index contributed by atoms with van der Waals surface area (Å²) >= 11 is 12.7. The summed E-state index contributed by atoms with van der Waals surface area (Å²) < 4.78 is 13.2. The number of hydrogen-bond donors (Lipinski definition) is 2. The van der Waals surface area contributed by atoms with Crippen molar-refractivity contribution in [1.82, 2.24) is 4.98 Å². The van der Waals surface area contributed by atoms with E-state index in [0.29, 0.717) is 28.5 Å². The molecule has 4 rings (SSSR count). The number of thiazole rings is 1. The fourth-order valence-electron chi connectivity index (χ4n) is 2.83. The van der Waals surface area contributed by atoms with Crippen LogP contribution >= 0.6 is 35.2 Å². The largest absolute Gasteiger partial charge is 0.460 e. The standard InChI is InChI=1S/C19H15ClN2O3S2/c1-2-24-18-13(17(23)12-7-10(20)3-6-15(12)25-18)9-21-11-4-5-14-16(8-11)27-19(26)22-14/h3-9,18,21H,2H2,1H3,(H,22,26)/b13-9+. The fraction of sp³-hybridized carbons (Fsp3) is 0.158. The van der Waals surface area contributed by atoms with Gasteiger partial charge in [-0.05, 0) is 55.5 Å². The Balaban J connectivity index is 1.67. The molecule has 2 aromatic carbocycles. The molecule has 1 aliphatic heterocycles. The van der Waals surface area contributed by atoms with E-state index < -0.39 is 6.29 Å². The second kappa shape index (κ2) is 7.44. The summed E-state index contributed by atoms with van der Waals surface area (Å²) in [4.78, 5) is 16.1. The molecule has 0 fully saturated rings.